The first-order valence-electron chi connectivity index (χ1n) is 7.26. The van der Waals surface area contributed by atoms with Gasteiger partial charge in [-0.2, -0.15) is 0 Å². The summed E-state index contributed by atoms with van der Waals surface area (Å²) in [5, 5.41) is 0. The van der Waals surface area contributed by atoms with Gasteiger partial charge in [0.2, 0.25) is 0 Å². The summed E-state index contributed by atoms with van der Waals surface area (Å²) in [5.41, 5.74) is 1.73. The third kappa shape index (κ3) is 2.78. The Balaban J connectivity index is 1.81. The Labute approximate surface area is 124 Å². The lowest BCUT2D eigenvalue weighted by Gasteiger charge is -2.23. The number of H-pyrrole nitrogens is 1. The molecule has 3 rings (SSSR count). The first kappa shape index (κ1) is 14.1. The monoisotopic (exact) mass is 289 g/mol. The van der Waals surface area contributed by atoms with Crippen molar-refractivity contribution in [3.05, 3.63) is 47.3 Å². The summed E-state index contributed by atoms with van der Waals surface area (Å²) in [4.78, 5) is 10.0. The zero-order valence-electron chi connectivity index (χ0n) is 12.4. The number of nitrogens with one attached hydrogen (secondary N) is 1. The first-order chi connectivity index (χ1) is 10.2. The second-order valence-corrected chi connectivity index (χ2v) is 5.51. The standard InChI is InChI=1S/C16H20FN3O/c1-11-9-18-16(19-11)13-6-4-8-20(13)10-12-5-3-7-14(21-2)15(12)17/h3,5,7,9,13H,4,6,8,10H2,1-2H3,(H,18,19). The maximum absolute atomic E-state index is 14.3. The lowest BCUT2D eigenvalue weighted by atomic mass is 10.1. The molecule has 0 bridgehead atoms. The number of hydrogen-bond acceptors (Lipinski definition) is 3. The van der Waals surface area contributed by atoms with E-state index in [0.717, 1.165) is 30.9 Å². The van der Waals surface area contributed by atoms with Crippen LogP contribution in [0.25, 0.3) is 0 Å². The van der Waals surface area contributed by atoms with Crippen molar-refractivity contribution in [3.63, 3.8) is 0 Å². The Kier molecular flexibility index (Phi) is 3.92. The minimum Gasteiger partial charge on any atom is -0.494 e. The van der Waals surface area contributed by atoms with E-state index in [4.69, 9.17) is 4.74 Å². The van der Waals surface area contributed by atoms with Gasteiger partial charge in [-0.25, -0.2) is 9.37 Å². The van der Waals surface area contributed by atoms with Crippen molar-refractivity contribution < 1.29 is 9.13 Å². The number of rotatable bonds is 4. The molecule has 1 atom stereocenters. The van der Waals surface area contributed by atoms with Crippen molar-refractivity contribution in [2.45, 2.75) is 32.4 Å². The van der Waals surface area contributed by atoms with Gasteiger partial charge in [0.1, 0.15) is 5.82 Å². The topological polar surface area (TPSA) is 41.1 Å². The molecule has 1 aromatic heterocycles. The molecule has 112 valence electrons. The van der Waals surface area contributed by atoms with E-state index in [1.807, 2.05) is 25.3 Å². The van der Waals surface area contributed by atoms with Crippen molar-refractivity contribution in [3.8, 4) is 5.75 Å². The highest BCUT2D eigenvalue weighted by Gasteiger charge is 2.28. The Morgan fingerprint density at radius 3 is 3.05 bits per heavy atom. The van der Waals surface area contributed by atoms with E-state index in [1.54, 1.807) is 6.07 Å². The third-order valence-electron chi connectivity index (χ3n) is 4.04. The number of aromatic nitrogens is 2. The Morgan fingerprint density at radius 2 is 2.33 bits per heavy atom. The first-order valence-corrected chi connectivity index (χ1v) is 7.26. The predicted molar refractivity (Wildman–Crippen MR) is 78.7 cm³/mol. The summed E-state index contributed by atoms with van der Waals surface area (Å²) in [5.74, 6) is 1.02. The van der Waals surface area contributed by atoms with Gasteiger partial charge in [0.25, 0.3) is 0 Å². The van der Waals surface area contributed by atoms with Gasteiger partial charge in [0, 0.05) is 24.0 Å². The van der Waals surface area contributed by atoms with Crippen LogP contribution in [0.2, 0.25) is 0 Å². The normalized spacial score (nSPS) is 19.1. The zero-order chi connectivity index (χ0) is 14.8. The summed E-state index contributed by atoms with van der Waals surface area (Å²) in [6, 6.07) is 5.54. The van der Waals surface area contributed by atoms with Gasteiger partial charge < -0.3 is 9.72 Å². The maximum Gasteiger partial charge on any atom is 0.169 e. The van der Waals surface area contributed by atoms with E-state index in [9.17, 15) is 4.39 Å². The highest BCUT2D eigenvalue weighted by Crippen LogP contribution is 2.32. The largest absolute Gasteiger partial charge is 0.494 e. The molecule has 1 aliphatic heterocycles. The molecule has 1 unspecified atom stereocenters. The van der Waals surface area contributed by atoms with Gasteiger partial charge in [-0.15, -0.1) is 0 Å². The number of ether oxygens (including phenoxy) is 1. The van der Waals surface area contributed by atoms with E-state index < -0.39 is 0 Å². The van der Waals surface area contributed by atoms with Gasteiger partial charge in [-0.05, 0) is 32.4 Å². The quantitative estimate of drug-likeness (QED) is 0.939. The molecule has 1 aromatic carbocycles. The number of methoxy groups -OCH3 is 1. The molecule has 2 heterocycles. The summed E-state index contributed by atoms with van der Waals surface area (Å²) in [7, 11) is 1.49. The Hall–Kier alpha value is -1.88. The minimum absolute atomic E-state index is 0.240. The molecule has 0 radical (unpaired) electrons. The van der Waals surface area contributed by atoms with Crippen molar-refractivity contribution in [1.82, 2.24) is 14.9 Å². The van der Waals surface area contributed by atoms with Crippen LogP contribution < -0.4 is 4.74 Å². The number of aryl methyl sites for hydroxylation is 1. The fraction of sp³-hybridized carbons (Fsp3) is 0.438. The molecule has 0 amide bonds. The van der Waals surface area contributed by atoms with Crippen LogP contribution in [0, 0.1) is 12.7 Å². The van der Waals surface area contributed by atoms with Crippen LogP contribution in [0.3, 0.4) is 0 Å². The molecule has 1 aliphatic rings. The van der Waals surface area contributed by atoms with Crippen LogP contribution in [0.1, 0.15) is 36.0 Å². The van der Waals surface area contributed by atoms with Gasteiger partial charge in [-0.3, -0.25) is 4.90 Å². The number of nitrogens with zero attached hydrogens (tertiary/aromatic N) is 2. The summed E-state index contributed by atoms with van der Waals surface area (Å²) < 4.78 is 19.3. The highest BCUT2D eigenvalue weighted by molar-refractivity contribution is 5.31. The lowest BCUT2D eigenvalue weighted by molar-refractivity contribution is 0.236. The number of hydrogen-bond donors (Lipinski definition) is 1. The predicted octanol–water partition coefficient (Wildman–Crippen LogP) is 3.20. The van der Waals surface area contributed by atoms with E-state index in [2.05, 4.69) is 14.9 Å². The minimum atomic E-state index is -0.263. The number of benzene rings is 1. The average molecular weight is 289 g/mol. The van der Waals surface area contributed by atoms with Crippen LogP contribution in [0.4, 0.5) is 4.39 Å². The van der Waals surface area contributed by atoms with Crippen LogP contribution in [-0.2, 0) is 6.54 Å². The van der Waals surface area contributed by atoms with E-state index >= 15 is 0 Å². The SMILES string of the molecule is COc1cccc(CN2CCCC2c2ncc(C)[nH]2)c1F. The molecule has 0 spiro atoms. The smallest absolute Gasteiger partial charge is 0.169 e. The Morgan fingerprint density at radius 1 is 1.48 bits per heavy atom. The summed E-state index contributed by atoms with van der Waals surface area (Å²) >= 11 is 0. The molecular formula is C16H20FN3O. The second kappa shape index (κ2) is 5.85. The molecule has 1 N–H and O–H groups in total. The van der Waals surface area contributed by atoms with Crippen molar-refractivity contribution >= 4 is 0 Å². The molecule has 5 heteroatoms. The number of halogens is 1. The average Bonchev–Trinajstić information content (AvgIpc) is 3.10. The highest BCUT2D eigenvalue weighted by atomic mass is 19.1. The van der Waals surface area contributed by atoms with Crippen molar-refractivity contribution in [2.24, 2.45) is 0 Å². The third-order valence-corrected chi connectivity index (χ3v) is 4.04. The molecule has 4 nitrogen and oxygen atoms in total. The fourth-order valence-electron chi connectivity index (χ4n) is 2.98. The molecule has 0 saturated carbocycles. The second-order valence-electron chi connectivity index (χ2n) is 5.51. The molecule has 1 saturated heterocycles. The summed E-state index contributed by atoms with van der Waals surface area (Å²) in [6.07, 6.45) is 4.01. The van der Waals surface area contributed by atoms with E-state index in [-0.39, 0.29) is 11.9 Å². The van der Waals surface area contributed by atoms with Gasteiger partial charge >= 0.3 is 0 Å². The number of imidazole rings is 1. The van der Waals surface area contributed by atoms with Gasteiger partial charge in [0.15, 0.2) is 11.6 Å². The Bertz CT molecular complexity index is 626. The number of likely N-dealkylation sites (tertiary alicyclic amines) is 1. The maximum atomic E-state index is 14.3. The molecule has 21 heavy (non-hydrogen) atoms. The molecule has 0 aliphatic carbocycles. The molecule has 1 fully saturated rings. The summed E-state index contributed by atoms with van der Waals surface area (Å²) in [6.45, 7) is 3.53. The zero-order valence-corrected chi connectivity index (χ0v) is 12.4. The van der Waals surface area contributed by atoms with Crippen LogP contribution >= 0.6 is 0 Å². The van der Waals surface area contributed by atoms with Crippen LogP contribution in [-0.4, -0.2) is 28.5 Å². The van der Waals surface area contributed by atoms with Crippen LogP contribution in [0.15, 0.2) is 24.4 Å². The fourth-order valence-corrected chi connectivity index (χ4v) is 2.98. The van der Waals surface area contributed by atoms with Crippen molar-refractivity contribution in [1.29, 1.82) is 0 Å². The number of aromatic amines is 1. The molecule has 2 aromatic rings. The van der Waals surface area contributed by atoms with E-state index in [1.165, 1.54) is 7.11 Å². The van der Waals surface area contributed by atoms with Gasteiger partial charge in [0.05, 0.1) is 13.2 Å². The molecular weight excluding hydrogens is 269 g/mol. The van der Waals surface area contributed by atoms with E-state index in [0.29, 0.717) is 17.9 Å². The van der Waals surface area contributed by atoms with Gasteiger partial charge in [-0.1, -0.05) is 12.1 Å². The van der Waals surface area contributed by atoms with Crippen molar-refractivity contribution in [2.75, 3.05) is 13.7 Å². The lowest BCUT2D eigenvalue weighted by Crippen LogP contribution is -2.24. The van der Waals surface area contributed by atoms with Crippen LogP contribution in [0.5, 0.6) is 5.75 Å².